The second-order valence-corrected chi connectivity index (χ2v) is 2.35. The van der Waals surface area contributed by atoms with E-state index in [1.54, 1.807) is 0 Å². The number of nitrogens with zero attached hydrogens (tertiary/aromatic N) is 1. The van der Waals surface area contributed by atoms with Gasteiger partial charge in [-0.05, 0) is 13.5 Å². The Morgan fingerprint density at radius 3 is 2.08 bits per heavy atom. The van der Waals surface area contributed by atoms with Crippen molar-refractivity contribution in [1.82, 2.24) is 4.90 Å². The fourth-order valence-corrected chi connectivity index (χ4v) is 0.898. The summed E-state index contributed by atoms with van der Waals surface area (Å²) >= 11 is 0. The van der Waals surface area contributed by atoms with Crippen molar-refractivity contribution >= 4 is 0 Å². The number of likely N-dealkylation sites (N-methyl/N-ethyl adjacent to an activating group) is 1. The molecule has 0 saturated heterocycles. The van der Waals surface area contributed by atoms with Crippen LogP contribution in [0.15, 0.2) is 25.3 Å². The van der Waals surface area contributed by atoms with Crippen molar-refractivity contribution in [3.8, 4) is 0 Å². The van der Waals surface area contributed by atoms with Crippen LogP contribution in [0, 0.1) is 0 Å². The number of hydrogen-bond acceptors (Lipinski definition) is 1. The Kier molecular flexibility index (Phi) is 12.2. The molecule has 0 spiro atoms. The maximum absolute atomic E-state index is 3.74. The van der Waals surface area contributed by atoms with E-state index in [1.165, 1.54) is 0 Å². The minimum atomic E-state index is 0.461. The average molecular weight is 169 g/mol. The molecule has 0 aliphatic heterocycles. The van der Waals surface area contributed by atoms with Crippen LogP contribution in [0.1, 0.15) is 27.7 Å². The van der Waals surface area contributed by atoms with E-state index in [0.29, 0.717) is 6.04 Å². The van der Waals surface area contributed by atoms with Gasteiger partial charge in [0.05, 0.1) is 0 Å². The third-order valence-electron chi connectivity index (χ3n) is 1.69. The Hall–Kier alpha value is -0.560. The van der Waals surface area contributed by atoms with Crippen LogP contribution in [-0.2, 0) is 0 Å². The zero-order valence-electron chi connectivity index (χ0n) is 9.01. The molecule has 0 aromatic heterocycles. The first-order valence-corrected chi connectivity index (χ1v) is 4.73. The van der Waals surface area contributed by atoms with Crippen LogP contribution in [0.25, 0.3) is 0 Å². The van der Waals surface area contributed by atoms with Crippen molar-refractivity contribution < 1.29 is 0 Å². The zero-order chi connectivity index (χ0) is 9.98. The summed E-state index contributed by atoms with van der Waals surface area (Å²) < 4.78 is 0. The summed E-state index contributed by atoms with van der Waals surface area (Å²) in [5.74, 6) is 0. The molecular formula is C11H23N. The van der Waals surface area contributed by atoms with Crippen LogP contribution in [0.4, 0.5) is 0 Å². The van der Waals surface area contributed by atoms with Gasteiger partial charge in [-0.1, -0.05) is 32.9 Å². The molecule has 1 atom stereocenters. The van der Waals surface area contributed by atoms with Crippen molar-refractivity contribution in [2.45, 2.75) is 33.7 Å². The van der Waals surface area contributed by atoms with Crippen LogP contribution in [0.3, 0.4) is 0 Å². The first-order valence-electron chi connectivity index (χ1n) is 4.73. The van der Waals surface area contributed by atoms with Gasteiger partial charge in [-0.3, -0.25) is 4.90 Å². The molecule has 0 radical (unpaired) electrons. The third kappa shape index (κ3) is 6.17. The van der Waals surface area contributed by atoms with Gasteiger partial charge in [-0.25, -0.2) is 0 Å². The minimum absolute atomic E-state index is 0.461. The Morgan fingerprint density at radius 1 is 1.33 bits per heavy atom. The lowest BCUT2D eigenvalue weighted by Crippen LogP contribution is -2.31. The Labute approximate surface area is 77.8 Å². The summed E-state index contributed by atoms with van der Waals surface area (Å²) in [5, 5.41) is 0. The van der Waals surface area contributed by atoms with Crippen LogP contribution < -0.4 is 0 Å². The standard InChI is InChI=1S/C9H17N.C2H6/c1-5-8-10(7-3)9(4)6-2;1-2/h5-6,9H,1-2,7-8H2,3-4H3;1-2H3. The van der Waals surface area contributed by atoms with Crippen molar-refractivity contribution in [3.05, 3.63) is 25.3 Å². The maximum atomic E-state index is 3.74. The van der Waals surface area contributed by atoms with Gasteiger partial charge < -0.3 is 0 Å². The zero-order valence-corrected chi connectivity index (χ0v) is 9.01. The average Bonchev–Trinajstić information content (AvgIpc) is 2.16. The summed E-state index contributed by atoms with van der Waals surface area (Å²) in [4.78, 5) is 2.29. The van der Waals surface area contributed by atoms with Crippen LogP contribution in [-0.4, -0.2) is 24.0 Å². The summed E-state index contributed by atoms with van der Waals surface area (Å²) in [6.45, 7) is 17.7. The summed E-state index contributed by atoms with van der Waals surface area (Å²) in [6, 6.07) is 0.461. The van der Waals surface area contributed by atoms with E-state index in [-0.39, 0.29) is 0 Å². The molecule has 0 fully saturated rings. The highest BCUT2D eigenvalue weighted by Crippen LogP contribution is 1.98. The Morgan fingerprint density at radius 2 is 1.83 bits per heavy atom. The van der Waals surface area contributed by atoms with Crippen LogP contribution >= 0.6 is 0 Å². The van der Waals surface area contributed by atoms with Gasteiger partial charge in [0.25, 0.3) is 0 Å². The highest BCUT2D eigenvalue weighted by molar-refractivity contribution is 4.86. The predicted molar refractivity (Wildman–Crippen MR) is 58.5 cm³/mol. The normalized spacial score (nSPS) is 11.4. The molecule has 12 heavy (non-hydrogen) atoms. The first-order chi connectivity index (χ1) is 5.76. The summed E-state index contributed by atoms with van der Waals surface area (Å²) in [7, 11) is 0. The fourth-order valence-electron chi connectivity index (χ4n) is 0.898. The summed E-state index contributed by atoms with van der Waals surface area (Å²) in [6.07, 6.45) is 3.87. The van der Waals surface area contributed by atoms with Crippen LogP contribution in [0.2, 0.25) is 0 Å². The first kappa shape index (κ1) is 14.0. The SMILES string of the molecule is C=CCN(CC)C(C)C=C.CC. The molecule has 1 nitrogen and oxygen atoms in total. The lowest BCUT2D eigenvalue weighted by Gasteiger charge is -2.23. The van der Waals surface area contributed by atoms with Gasteiger partial charge in [0.15, 0.2) is 0 Å². The molecule has 1 heteroatoms. The lowest BCUT2D eigenvalue weighted by atomic mass is 10.3. The molecule has 1 unspecified atom stereocenters. The second kappa shape index (κ2) is 10.4. The molecule has 0 aliphatic carbocycles. The largest absolute Gasteiger partial charge is 0.294 e. The quantitative estimate of drug-likeness (QED) is 0.572. The Bertz CT molecular complexity index is 108. The van der Waals surface area contributed by atoms with Gasteiger partial charge in [-0.2, -0.15) is 0 Å². The van der Waals surface area contributed by atoms with Crippen molar-refractivity contribution in [2.75, 3.05) is 13.1 Å². The van der Waals surface area contributed by atoms with Crippen molar-refractivity contribution in [2.24, 2.45) is 0 Å². The molecule has 0 N–H and O–H groups in total. The number of hydrogen-bond donors (Lipinski definition) is 0. The fraction of sp³-hybridized carbons (Fsp3) is 0.636. The van der Waals surface area contributed by atoms with E-state index in [0.717, 1.165) is 13.1 Å². The minimum Gasteiger partial charge on any atom is -0.294 e. The molecule has 0 saturated carbocycles. The third-order valence-corrected chi connectivity index (χ3v) is 1.69. The molecule has 0 amide bonds. The van der Waals surface area contributed by atoms with E-state index < -0.39 is 0 Å². The molecule has 0 rings (SSSR count). The van der Waals surface area contributed by atoms with Crippen molar-refractivity contribution in [3.63, 3.8) is 0 Å². The van der Waals surface area contributed by atoms with Gasteiger partial charge in [0.1, 0.15) is 0 Å². The Balaban J connectivity index is 0. The van der Waals surface area contributed by atoms with Crippen molar-refractivity contribution in [1.29, 1.82) is 0 Å². The van der Waals surface area contributed by atoms with Gasteiger partial charge in [0.2, 0.25) is 0 Å². The molecule has 0 aromatic rings. The van der Waals surface area contributed by atoms with E-state index in [9.17, 15) is 0 Å². The highest BCUT2D eigenvalue weighted by atomic mass is 15.1. The smallest absolute Gasteiger partial charge is 0.0250 e. The second-order valence-electron chi connectivity index (χ2n) is 2.35. The molecular weight excluding hydrogens is 146 g/mol. The molecule has 0 aliphatic rings. The number of rotatable bonds is 5. The van der Waals surface area contributed by atoms with E-state index in [1.807, 2.05) is 26.0 Å². The van der Waals surface area contributed by atoms with Crippen LogP contribution in [0.5, 0.6) is 0 Å². The summed E-state index contributed by atoms with van der Waals surface area (Å²) in [5.41, 5.74) is 0. The maximum Gasteiger partial charge on any atom is 0.0250 e. The molecule has 72 valence electrons. The molecule has 0 heterocycles. The van der Waals surface area contributed by atoms with E-state index >= 15 is 0 Å². The van der Waals surface area contributed by atoms with Gasteiger partial charge in [0, 0.05) is 12.6 Å². The van der Waals surface area contributed by atoms with E-state index in [2.05, 4.69) is 31.9 Å². The lowest BCUT2D eigenvalue weighted by molar-refractivity contribution is 0.282. The molecule has 0 aromatic carbocycles. The predicted octanol–water partition coefficient (Wildman–Crippen LogP) is 3.10. The highest BCUT2D eigenvalue weighted by Gasteiger charge is 2.04. The van der Waals surface area contributed by atoms with E-state index in [4.69, 9.17) is 0 Å². The van der Waals surface area contributed by atoms with Gasteiger partial charge >= 0.3 is 0 Å². The monoisotopic (exact) mass is 169 g/mol. The topological polar surface area (TPSA) is 3.24 Å². The van der Waals surface area contributed by atoms with Gasteiger partial charge in [-0.15, -0.1) is 13.2 Å². The molecule has 0 bridgehead atoms.